The van der Waals surface area contributed by atoms with Gasteiger partial charge >= 0.3 is 0 Å². The first kappa shape index (κ1) is 22.2. The standard InChI is InChI=1S/C20H27N3O2.HI/c1-16(25-19-11-7-4-8-12-19)13-22-20(21-2)23-14-18(15-24)17-9-5-3-6-10-17;/h3-12,16,18,24H,13-15H2,1-2H3,(H2,21,22,23);1H. The molecule has 0 radical (unpaired) electrons. The Bertz CT molecular complexity index is 638. The molecule has 2 aromatic carbocycles. The van der Waals surface area contributed by atoms with Crippen LogP contribution in [0.2, 0.25) is 0 Å². The Morgan fingerprint density at radius 2 is 1.58 bits per heavy atom. The molecule has 0 bridgehead atoms. The van der Waals surface area contributed by atoms with Crippen LogP contribution in [0.4, 0.5) is 0 Å². The van der Waals surface area contributed by atoms with Gasteiger partial charge in [0.15, 0.2) is 5.96 Å². The Hall–Kier alpha value is -1.80. The van der Waals surface area contributed by atoms with E-state index in [9.17, 15) is 5.11 Å². The number of nitrogens with zero attached hydrogens (tertiary/aromatic N) is 1. The number of hydrogen-bond acceptors (Lipinski definition) is 3. The summed E-state index contributed by atoms with van der Waals surface area (Å²) in [5.41, 5.74) is 1.11. The first-order valence-corrected chi connectivity index (χ1v) is 8.55. The molecule has 0 spiro atoms. The van der Waals surface area contributed by atoms with Crippen molar-refractivity contribution in [3.63, 3.8) is 0 Å². The Morgan fingerprint density at radius 1 is 1.00 bits per heavy atom. The Kier molecular flexibility index (Phi) is 10.7. The van der Waals surface area contributed by atoms with Gasteiger partial charge < -0.3 is 20.5 Å². The van der Waals surface area contributed by atoms with Crippen LogP contribution in [0.25, 0.3) is 0 Å². The van der Waals surface area contributed by atoms with E-state index in [2.05, 4.69) is 15.6 Å². The molecule has 26 heavy (non-hydrogen) atoms. The molecule has 0 heterocycles. The van der Waals surface area contributed by atoms with Crippen molar-refractivity contribution >= 4 is 29.9 Å². The summed E-state index contributed by atoms with van der Waals surface area (Å²) in [4.78, 5) is 4.22. The van der Waals surface area contributed by atoms with Crippen molar-refractivity contribution in [1.29, 1.82) is 0 Å². The van der Waals surface area contributed by atoms with Gasteiger partial charge in [-0.15, -0.1) is 24.0 Å². The van der Waals surface area contributed by atoms with Crippen molar-refractivity contribution in [3.8, 4) is 5.75 Å². The highest BCUT2D eigenvalue weighted by Gasteiger charge is 2.11. The summed E-state index contributed by atoms with van der Waals surface area (Å²) in [5, 5.41) is 16.1. The number of halogens is 1. The summed E-state index contributed by atoms with van der Waals surface area (Å²) >= 11 is 0. The number of benzene rings is 2. The lowest BCUT2D eigenvalue weighted by Crippen LogP contribution is -2.43. The van der Waals surface area contributed by atoms with Gasteiger partial charge in [-0.2, -0.15) is 0 Å². The van der Waals surface area contributed by atoms with E-state index >= 15 is 0 Å². The van der Waals surface area contributed by atoms with E-state index in [-0.39, 0.29) is 42.6 Å². The van der Waals surface area contributed by atoms with Crippen molar-refractivity contribution in [2.45, 2.75) is 18.9 Å². The summed E-state index contributed by atoms with van der Waals surface area (Å²) in [6, 6.07) is 19.7. The fourth-order valence-corrected chi connectivity index (χ4v) is 2.47. The van der Waals surface area contributed by atoms with E-state index in [1.165, 1.54) is 0 Å². The van der Waals surface area contributed by atoms with Crippen LogP contribution in [0.1, 0.15) is 18.4 Å². The van der Waals surface area contributed by atoms with Gasteiger partial charge in [-0.25, -0.2) is 0 Å². The third-order valence-corrected chi connectivity index (χ3v) is 3.87. The quantitative estimate of drug-likeness (QED) is 0.316. The minimum atomic E-state index is 0. The van der Waals surface area contributed by atoms with Crippen molar-refractivity contribution in [1.82, 2.24) is 10.6 Å². The normalized spacial score (nSPS) is 13.3. The summed E-state index contributed by atoms with van der Waals surface area (Å²) < 4.78 is 5.84. The van der Waals surface area contributed by atoms with Crippen LogP contribution >= 0.6 is 24.0 Å². The number of aliphatic hydroxyl groups excluding tert-OH is 1. The number of ether oxygens (including phenoxy) is 1. The molecule has 2 unspecified atom stereocenters. The molecule has 0 saturated heterocycles. The number of para-hydroxylation sites is 1. The van der Waals surface area contributed by atoms with E-state index in [1.807, 2.05) is 67.6 Å². The maximum atomic E-state index is 9.63. The van der Waals surface area contributed by atoms with E-state index in [0.717, 1.165) is 11.3 Å². The Balaban J connectivity index is 0.00000338. The van der Waals surface area contributed by atoms with Crippen molar-refractivity contribution in [3.05, 3.63) is 66.2 Å². The fraction of sp³-hybridized carbons (Fsp3) is 0.350. The van der Waals surface area contributed by atoms with Gasteiger partial charge in [0.25, 0.3) is 0 Å². The molecule has 2 atom stereocenters. The summed E-state index contributed by atoms with van der Waals surface area (Å²) in [7, 11) is 1.73. The Labute approximate surface area is 172 Å². The third-order valence-electron chi connectivity index (χ3n) is 3.87. The molecule has 5 nitrogen and oxygen atoms in total. The molecule has 6 heteroatoms. The average Bonchev–Trinajstić information content (AvgIpc) is 2.66. The van der Waals surface area contributed by atoms with Gasteiger partial charge in [-0.05, 0) is 24.6 Å². The predicted octanol–water partition coefficient (Wildman–Crippen LogP) is 3.01. The minimum Gasteiger partial charge on any atom is -0.489 e. The molecule has 0 fully saturated rings. The van der Waals surface area contributed by atoms with Gasteiger partial charge in [0.05, 0.1) is 13.2 Å². The van der Waals surface area contributed by atoms with E-state index < -0.39 is 0 Å². The molecule has 0 aliphatic heterocycles. The SMILES string of the molecule is CN=C(NCC(C)Oc1ccccc1)NCC(CO)c1ccccc1.I. The zero-order valence-electron chi connectivity index (χ0n) is 15.3. The van der Waals surface area contributed by atoms with Crippen LogP contribution in [-0.4, -0.2) is 43.9 Å². The molecule has 2 aromatic rings. The highest BCUT2D eigenvalue weighted by Crippen LogP contribution is 2.13. The lowest BCUT2D eigenvalue weighted by molar-refractivity contribution is 0.223. The van der Waals surface area contributed by atoms with E-state index in [4.69, 9.17) is 4.74 Å². The molecule has 142 valence electrons. The number of aliphatic imine (C=N–C) groups is 1. The molecule has 0 aliphatic carbocycles. The second-order valence-corrected chi connectivity index (χ2v) is 5.87. The maximum absolute atomic E-state index is 9.63. The lowest BCUT2D eigenvalue weighted by atomic mass is 10.0. The largest absolute Gasteiger partial charge is 0.489 e. The Morgan fingerprint density at radius 3 is 2.15 bits per heavy atom. The maximum Gasteiger partial charge on any atom is 0.191 e. The number of aliphatic hydroxyl groups is 1. The highest BCUT2D eigenvalue weighted by atomic mass is 127. The zero-order chi connectivity index (χ0) is 17.9. The van der Waals surface area contributed by atoms with Crippen molar-refractivity contribution in [2.24, 2.45) is 4.99 Å². The number of hydrogen-bond donors (Lipinski definition) is 3. The first-order valence-electron chi connectivity index (χ1n) is 8.55. The summed E-state index contributed by atoms with van der Waals surface area (Å²) in [6.07, 6.45) is 0.00344. The average molecular weight is 469 g/mol. The van der Waals surface area contributed by atoms with E-state index in [0.29, 0.717) is 19.0 Å². The highest BCUT2D eigenvalue weighted by molar-refractivity contribution is 14.0. The monoisotopic (exact) mass is 469 g/mol. The van der Waals surface area contributed by atoms with Crippen LogP contribution < -0.4 is 15.4 Å². The number of nitrogens with one attached hydrogen (secondary N) is 2. The van der Waals surface area contributed by atoms with Crippen molar-refractivity contribution in [2.75, 3.05) is 26.7 Å². The smallest absolute Gasteiger partial charge is 0.191 e. The number of guanidine groups is 1. The molecule has 0 saturated carbocycles. The van der Waals surface area contributed by atoms with Crippen LogP contribution in [0.5, 0.6) is 5.75 Å². The molecule has 0 amide bonds. The molecular weight excluding hydrogens is 441 g/mol. The summed E-state index contributed by atoms with van der Waals surface area (Å²) in [5.74, 6) is 1.57. The molecule has 0 aliphatic rings. The molecule has 3 N–H and O–H groups in total. The molecule has 0 aromatic heterocycles. The van der Waals surface area contributed by atoms with Crippen LogP contribution in [0, 0.1) is 0 Å². The second kappa shape index (κ2) is 12.5. The number of rotatable bonds is 8. The van der Waals surface area contributed by atoms with Crippen molar-refractivity contribution < 1.29 is 9.84 Å². The van der Waals surface area contributed by atoms with Gasteiger partial charge in [-0.3, -0.25) is 4.99 Å². The van der Waals surface area contributed by atoms with Crippen LogP contribution in [0.15, 0.2) is 65.7 Å². The van der Waals surface area contributed by atoms with E-state index in [1.54, 1.807) is 7.05 Å². The fourth-order valence-electron chi connectivity index (χ4n) is 2.47. The lowest BCUT2D eigenvalue weighted by Gasteiger charge is -2.20. The van der Waals surface area contributed by atoms with Gasteiger partial charge in [0, 0.05) is 19.5 Å². The third kappa shape index (κ3) is 7.61. The van der Waals surface area contributed by atoms with Gasteiger partial charge in [-0.1, -0.05) is 48.5 Å². The second-order valence-electron chi connectivity index (χ2n) is 5.87. The van der Waals surface area contributed by atoms with Gasteiger partial charge in [0.2, 0.25) is 0 Å². The predicted molar refractivity (Wildman–Crippen MR) is 118 cm³/mol. The summed E-state index contributed by atoms with van der Waals surface area (Å²) in [6.45, 7) is 3.33. The molecule has 2 rings (SSSR count). The van der Waals surface area contributed by atoms with Crippen LogP contribution in [-0.2, 0) is 0 Å². The first-order chi connectivity index (χ1) is 12.2. The zero-order valence-corrected chi connectivity index (χ0v) is 17.6. The van der Waals surface area contributed by atoms with Gasteiger partial charge in [0.1, 0.15) is 11.9 Å². The molecular formula is C20H28IN3O2. The minimum absolute atomic E-state index is 0. The van der Waals surface area contributed by atoms with Crippen LogP contribution in [0.3, 0.4) is 0 Å². The topological polar surface area (TPSA) is 65.9 Å².